The molecule has 0 spiro atoms. The van der Waals surface area contributed by atoms with E-state index in [4.69, 9.17) is 5.73 Å². The van der Waals surface area contributed by atoms with Crippen LogP contribution in [0.15, 0.2) is 24.4 Å². The van der Waals surface area contributed by atoms with Gasteiger partial charge in [0.1, 0.15) is 0 Å². The lowest BCUT2D eigenvalue weighted by Gasteiger charge is -2.09. The molecule has 0 saturated heterocycles. The van der Waals surface area contributed by atoms with Crippen LogP contribution in [0, 0.1) is 0 Å². The first-order valence-electron chi connectivity index (χ1n) is 7.08. The average molecular weight is 259 g/mol. The first-order valence-corrected chi connectivity index (χ1v) is 7.08. The van der Waals surface area contributed by atoms with Gasteiger partial charge in [-0.25, -0.2) is 0 Å². The van der Waals surface area contributed by atoms with E-state index in [2.05, 4.69) is 62.0 Å². The molecule has 3 nitrogen and oxygen atoms in total. The molecule has 0 aliphatic carbocycles. The quantitative estimate of drug-likeness (QED) is 0.866. The summed E-state index contributed by atoms with van der Waals surface area (Å²) in [5, 5.41) is 4.82. The Bertz CT molecular complexity index is 552. The molecular weight excluding hydrogens is 234 g/mol. The topological polar surface area (TPSA) is 43.0 Å². The standard InChI is InChI=1S/C16H25N3/c1-11(2)18-9-14-10-19(12(3)4)16-6-5-13(8-17)7-15(14)16/h5-7,10-12,18H,8-9,17H2,1-4H3. The minimum Gasteiger partial charge on any atom is -0.345 e. The highest BCUT2D eigenvalue weighted by atomic mass is 15.0. The highest BCUT2D eigenvalue weighted by Gasteiger charge is 2.11. The van der Waals surface area contributed by atoms with Gasteiger partial charge in [0.2, 0.25) is 0 Å². The summed E-state index contributed by atoms with van der Waals surface area (Å²) in [6.07, 6.45) is 2.27. The van der Waals surface area contributed by atoms with Gasteiger partial charge in [0.05, 0.1) is 0 Å². The van der Waals surface area contributed by atoms with E-state index in [1.807, 2.05) is 0 Å². The third-order valence-electron chi connectivity index (χ3n) is 3.47. The number of rotatable bonds is 5. The smallest absolute Gasteiger partial charge is 0.0486 e. The van der Waals surface area contributed by atoms with Gasteiger partial charge in [-0.15, -0.1) is 0 Å². The second-order valence-electron chi connectivity index (χ2n) is 5.75. The van der Waals surface area contributed by atoms with Crippen molar-refractivity contribution >= 4 is 10.9 Å². The van der Waals surface area contributed by atoms with Crippen LogP contribution in [0.5, 0.6) is 0 Å². The van der Waals surface area contributed by atoms with Crippen LogP contribution in [0.25, 0.3) is 10.9 Å². The molecular formula is C16H25N3. The van der Waals surface area contributed by atoms with Crippen molar-refractivity contribution in [2.45, 2.75) is 52.9 Å². The molecule has 1 aromatic heterocycles. The summed E-state index contributed by atoms with van der Waals surface area (Å²) in [4.78, 5) is 0. The van der Waals surface area contributed by atoms with Crippen LogP contribution < -0.4 is 11.1 Å². The molecule has 0 saturated carbocycles. The number of fused-ring (bicyclic) bond motifs is 1. The predicted molar refractivity (Wildman–Crippen MR) is 82.2 cm³/mol. The van der Waals surface area contributed by atoms with Gasteiger partial charge in [0.15, 0.2) is 0 Å². The molecule has 0 radical (unpaired) electrons. The molecule has 0 aliphatic heterocycles. The molecule has 3 heteroatoms. The molecule has 1 aromatic carbocycles. The van der Waals surface area contributed by atoms with E-state index in [0.29, 0.717) is 18.6 Å². The lowest BCUT2D eigenvalue weighted by atomic mass is 10.1. The van der Waals surface area contributed by atoms with Crippen molar-refractivity contribution in [3.05, 3.63) is 35.5 Å². The summed E-state index contributed by atoms with van der Waals surface area (Å²) in [5.41, 5.74) is 9.60. The van der Waals surface area contributed by atoms with Crippen LogP contribution in [-0.2, 0) is 13.1 Å². The molecule has 0 amide bonds. The number of nitrogens with two attached hydrogens (primary N) is 1. The Kier molecular flexibility index (Phi) is 4.27. The molecule has 0 unspecified atom stereocenters. The van der Waals surface area contributed by atoms with E-state index >= 15 is 0 Å². The van der Waals surface area contributed by atoms with Crippen molar-refractivity contribution in [1.29, 1.82) is 0 Å². The van der Waals surface area contributed by atoms with E-state index in [1.54, 1.807) is 0 Å². The van der Waals surface area contributed by atoms with Gasteiger partial charge in [0, 0.05) is 42.3 Å². The zero-order chi connectivity index (χ0) is 14.0. The fourth-order valence-electron chi connectivity index (χ4n) is 2.38. The third kappa shape index (κ3) is 2.99. The highest BCUT2D eigenvalue weighted by molar-refractivity contribution is 5.85. The van der Waals surface area contributed by atoms with E-state index in [-0.39, 0.29) is 0 Å². The molecule has 0 fully saturated rings. The number of hydrogen-bond donors (Lipinski definition) is 2. The fourth-order valence-corrected chi connectivity index (χ4v) is 2.38. The third-order valence-corrected chi connectivity index (χ3v) is 3.47. The summed E-state index contributed by atoms with van der Waals surface area (Å²) < 4.78 is 2.34. The molecule has 2 aromatic rings. The first-order chi connectivity index (χ1) is 9.02. The number of hydrogen-bond acceptors (Lipinski definition) is 2. The van der Waals surface area contributed by atoms with Crippen molar-refractivity contribution in [3.8, 4) is 0 Å². The van der Waals surface area contributed by atoms with E-state index in [0.717, 1.165) is 6.54 Å². The Morgan fingerprint density at radius 1 is 1.21 bits per heavy atom. The maximum atomic E-state index is 5.76. The number of nitrogens with one attached hydrogen (secondary N) is 1. The number of nitrogens with zero attached hydrogens (tertiary/aromatic N) is 1. The normalized spacial score (nSPS) is 11.9. The van der Waals surface area contributed by atoms with Crippen molar-refractivity contribution in [2.24, 2.45) is 5.73 Å². The minimum atomic E-state index is 0.471. The van der Waals surface area contributed by atoms with Gasteiger partial charge < -0.3 is 15.6 Å². The molecule has 19 heavy (non-hydrogen) atoms. The van der Waals surface area contributed by atoms with Crippen LogP contribution in [0.3, 0.4) is 0 Å². The van der Waals surface area contributed by atoms with Gasteiger partial charge in [-0.2, -0.15) is 0 Å². The van der Waals surface area contributed by atoms with Gasteiger partial charge in [-0.05, 0) is 37.1 Å². The van der Waals surface area contributed by atoms with Crippen LogP contribution in [0.2, 0.25) is 0 Å². The monoisotopic (exact) mass is 259 g/mol. The Morgan fingerprint density at radius 3 is 2.53 bits per heavy atom. The lowest BCUT2D eigenvalue weighted by Crippen LogP contribution is -2.21. The van der Waals surface area contributed by atoms with Crippen LogP contribution in [-0.4, -0.2) is 10.6 Å². The number of aromatic nitrogens is 1. The predicted octanol–water partition coefficient (Wildman–Crippen LogP) is 3.18. The van der Waals surface area contributed by atoms with Crippen molar-refractivity contribution in [2.75, 3.05) is 0 Å². The van der Waals surface area contributed by atoms with Gasteiger partial charge in [-0.3, -0.25) is 0 Å². The Balaban J connectivity index is 2.48. The van der Waals surface area contributed by atoms with Crippen LogP contribution >= 0.6 is 0 Å². The van der Waals surface area contributed by atoms with Gasteiger partial charge in [0.25, 0.3) is 0 Å². The van der Waals surface area contributed by atoms with Crippen molar-refractivity contribution in [1.82, 2.24) is 9.88 Å². The molecule has 0 aliphatic rings. The maximum Gasteiger partial charge on any atom is 0.0486 e. The van der Waals surface area contributed by atoms with Gasteiger partial charge in [-0.1, -0.05) is 19.9 Å². The highest BCUT2D eigenvalue weighted by Crippen LogP contribution is 2.26. The molecule has 3 N–H and O–H groups in total. The molecule has 2 rings (SSSR count). The zero-order valence-electron chi connectivity index (χ0n) is 12.4. The zero-order valence-corrected chi connectivity index (χ0v) is 12.4. The van der Waals surface area contributed by atoms with Crippen molar-refractivity contribution < 1.29 is 0 Å². The summed E-state index contributed by atoms with van der Waals surface area (Å²) in [6, 6.07) is 7.51. The first kappa shape index (κ1) is 14.1. The molecule has 104 valence electrons. The number of benzene rings is 1. The minimum absolute atomic E-state index is 0.471. The SMILES string of the molecule is CC(C)NCc1cn(C(C)C)c2ccc(CN)cc12. The summed E-state index contributed by atoms with van der Waals surface area (Å²) in [6.45, 7) is 10.3. The lowest BCUT2D eigenvalue weighted by molar-refractivity contribution is 0.583. The van der Waals surface area contributed by atoms with Gasteiger partial charge >= 0.3 is 0 Å². The second-order valence-corrected chi connectivity index (χ2v) is 5.75. The summed E-state index contributed by atoms with van der Waals surface area (Å²) >= 11 is 0. The van der Waals surface area contributed by atoms with E-state index < -0.39 is 0 Å². The molecule has 1 heterocycles. The average Bonchev–Trinajstić information content (AvgIpc) is 2.74. The van der Waals surface area contributed by atoms with Crippen LogP contribution in [0.1, 0.15) is 44.9 Å². The largest absolute Gasteiger partial charge is 0.345 e. The fraction of sp³-hybridized carbons (Fsp3) is 0.500. The Morgan fingerprint density at radius 2 is 1.95 bits per heavy atom. The van der Waals surface area contributed by atoms with E-state index in [1.165, 1.54) is 22.0 Å². The second kappa shape index (κ2) is 5.76. The summed E-state index contributed by atoms with van der Waals surface area (Å²) in [7, 11) is 0. The summed E-state index contributed by atoms with van der Waals surface area (Å²) in [5.74, 6) is 0. The maximum absolute atomic E-state index is 5.76. The molecule has 0 atom stereocenters. The van der Waals surface area contributed by atoms with Crippen molar-refractivity contribution in [3.63, 3.8) is 0 Å². The molecule has 0 bridgehead atoms. The Labute approximate surface area is 115 Å². The van der Waals surface area contributed by atoms with E-state index in [9.17, 15) is 0 Å². The Hall–Kier alpha value is -1.32. The van der Waals surface area contributed by atoms with Crippen LogP contribution in [0.4, 0.5) is 0 Å².